The smallest absolute Gasteiger partial charge is 0.321 e. The van der Waals surface area contributed by atoms with E-state index in [1.165, 1.54) is 0 Å². The van der Waals surface area contributed by atoms with Crippen LogP contribution in [-0.4, -0.2) is 23.3 Å². The summed E-state index contributed by atoms with van der Waals surface area (Å²) in [5, 5.41) is 9.11. The molecule has 0 fully saturated rings. The second kappa shape index (κ2) is 6.50. The van der Waals surface area contributed by atoms with Crippen LogP contribution in [0, 0.1) is 10.1 Å². The summed E-state index contributed by atoms with van der Waals surface area (Å²) in [6.07, 6.45) is -1.35. The molecule has 0 aliphatic carbocycles. The lowest BCUT2D eigenvalue weighted by Crippen LogP contribution is -2.55. The fourth-order valence-corrected chi connectivity index (χ4v) is 0.466. The minimum atomic E-state index is -1.35. The Morgan fingerprint density at radius 3 is 1.87 bits per heavy atom. The highest BCUT2D eigenvalue weighted by Gasteiger charge is 2.15. The molecule has 0 saturated carbocycles. The molecule has 0 aromatic carbocycles. The summed E-state index contributed by atoms with van der Waals surface area (Å²) in [7, 11) is 0. The predicted molar refractivity (Wildman–Crippen MR) is 43.7 cm³/mol. The number of hydrogen-bond acceptors (Lipinski definition) is 8. The van der Waals surface area contributed by atoms with Gasteiger partial charge in [-0.1, -0.05) is 0 Å². The molecule has 10 heteroatoms. The molecule has 3 N–H and O–H groups in total. The third-order valence-electron chi connectivity index (χ3n) is 0.876. The number of hydrazine groups is 1. The van der Waals surface area contributed by atoms with Crippen molar-refractivity contribution in [2.45, 2.75) is 20.1 Å². The Labute approximate surface area is 83.9 Å². The quantitative estimate of drug-likeness (QED) is 0.270. The monoisotopic (exact) mass is 222 g/mol. The summed E-state index contributed by atoms with van der Waals surface area (Å²) in [6.45, 7) is 2.17. The van der Waals surface area contributed by atoms with Crippen LogP contribution in [0.5, 0.6) is 0 Å². The van der Waals surface area contributed by atoms with E-state index in [1.807, 2.05) is 11.0 Å². The zero-order valence-corrected chi connectivity index (χ0v) is 7.97. The Morgan fingerprint density at radius 1 is 1.20 bits per heavy atom. The van der Waals surface area contributed by atoms with E-state index in [2.05, 4.69) is 9.68 Å². The molecule has 0 aliphatic heterocycles. The van der Waals surface area contributed by atoms with Crippen LogP contribution in [0.1, 0.15) is 13.8 Å². The standard InChI is InChI=1S/C5H10N4O6/c1-3(10)14-7-5(6-9(12)13)8-15-4(2)11/h5-8H,1-2H3. The van der Waals surface area contributed by atoms with Gasteiger partial charge in [0.2, 0.25) is 0 Å². The van der Waals surface area contributed by atoms with Gasteiger partial charge in [-0.3, -0.25) is 9.59 Å². The maximum Gasteiger partial charge on any atom is 0.321 e. The predicted octanol–water partition coefficient (Wildman–Crippen LogP) is -1.81. The highest BCUT2D eigenvalue weighted by molar-refractivity contribution is 5.65. The average molecular weight is 222 g/mol. The van der Waals surface area contributed by atoms with Gasteiger partial charge in [-0.15, -0.1) is 16.4 Å². The van der Waals surface area contributed by atoms with E-state index in [1.54, 1.807) is 5.43 Å². The van der Waals surface area contributed by atoms with Crippen molar-refractivity contribution < 1.29 is 24.3 Å². The number of nitrogens with zero attached hydrogens (tertiary/aromatic N) is 1. The average Bonchev–Trinajstić information content (AvgIpc) is 2.08. The van der Waals surface area contributed by atoms with Crippen LogP contribution < -0.4 is 16.4 Å². The summed E-state index contributed by atoms with van der Waals surface area (Å²) >= 11 is 0. The maximum atomic E-state index is 10.4. The van der Waals surface area contributed by atoms with Crippen molar-refractivity contribution in [3.05, 3.63) is 10.1 Å². The van der Waals surface area contributed by atoms with Crippen LogP contribution >= 0.6 is 0 Å². The molecule has 0 atom stereocenters. The minimum absolute atomic E-state index is 0.713. The fourth-order valence-electron chi connectivity index (χ4n) is 0.466. The third kappa shape index (κ3) is 8.39. The van der Waals surface area contributed by atoms with Crippen molar-refractivity contribution in [3.63, 3.8) is 0 Å². The largest absolute Gasteiger partial charge is 0.367 e. The maximum absolute atomic E-state index is 10.4. The molecule has 0 aromatic rings. The van der Waals surface area contributed by atoms with Gasteiger partial charge >= 0.3 is 11.9 Å². The Morgan fingerprint density at radius 2 is 1.60 bits per heavy atom. The van der Waals surface area contributed by atoms with Crippen LogP contribution in [0.4, 0.5) is 0 Å². The van der Waals surface area contributed by atoms with Gasteiger partial charge in [0.1, 0.15) is 0 Å². The van der Waals surface area contributed by atoms with E-state index in [-0.39, 0.29) is 0 Å². The fraction of sp³-hybridized carbons (Fsp3) is 0.600. The lowest BCUT2D eigenvalue weighted by Gasteiger charge is -2.14. The van der Waals surface area contributed by atoms with Crippen molar-refractivity contribution in [1.29, 1.82) is 0 Å². The first kappa shape index (κ1) is 13.1. The lowest BCUT2D eigenvalue weighted by molar-refractivity contribution is -0.557. The van der Waals surface area contributed by atoms with Gasteiger partial charge in [0.15, 0.2) is 5.03 Å². The molecule has 0 aliphatic rings. The molecule has 86 valence electrons. The van der Waals surface area contributed by atoms with Gasteiger partial charge in [0.25, 0.3) is 6.29 Å². The molecular weight excluding hydrogens is 212 g/mol. The molecule has 10 nitrogen and oxygen atoms in total. The number of hydrogen-bond donors (Lipinski definition) is 3. The Bertz CT molecular complexity index is 238. The van der Waals surface area contributed by atoms with E-state index in [0.29, 0.717) is 0 Å². The lowest BCUT2D eigenvalue weighted by atomic mass is 10.8. The molecule has 0 spiro atoms. The van der Waals surface area contributed by atoms with Crippen molar-refractivity contribution >= 4 is 11.9 Å². The second-order valence-electron chi connectivity index (χ2n) is 2.24. The van der Waals surface area contributed by atoms with E-state index in [0.717, 1.165) is 13.8 Å². The van der Waals surface area contributed by atoms with E-state index < -0.39 is 23.3 Å². The Balaban J connectivity index is 3.99. The summed E-state index contributed by atoms with van der Waals surface area (Å²) in [6, 6.07) is 0. The summed E-state index contributed by atoms with van der Waals surface area (Å²) in [5.74, 6) is -1.43. The molecule has 0 saturated heterocycles. The van der Waals surface area contributed by atoms with Crippen LogP contribution in [-0.2, 0) is 19.3 Å². The van der Waals surface area contributed by atoms with E-state index in [4.69, 9.17) is 0 Å². The number of rotatable bonds is 6. The SMILES string of the molecule is CC(=O)ONC(NOC(C)=O)N[N+](=O)[O-]. The van der Waals surface area contributed by atoms with Crippen molar-refractivity contribution in [2.75, 3.05) is 0 Å². The van der Waals surface area contributed by atoms with Gasteiger partial charge in [-0.25, -0.2) is 10.1 Å². The zero-order chi connectivity index (χ0) is 11.8. The number of carbonyl (C=O) groups is 2. The molecule has 0 unspecified atom stereocenters. The molecule has 0 bridgehead atoms. The topological polar surface area (TPSA) is 132 Å². The second-order valence-corrected chi connectivity index (χ2v) is 2.24. The van der Waals surface area contributed by atoms with E-state index in [9.17, 15) is 19.7 Å². The van der Waals surface area contributed by atoms with E-state index >= 15 is 0 Å². The Kier molecular flexibility index (Phi) is 5.66. The molecule has 0 radical (unpaired) electrons. The third-order valence-corrected chi connectivity index (χ3v) is 0.876. The van der Waals surface area contributed by atoms with Crippen LogP contribution in [0.15, 0.2) is 0 Å². The molecule has 0 amide bonds. The first-order chi connectivity index (χ1) is 6.91. The van der Waals surface area contributed by atoms with Gasteiger partial charge in [-0.2, -0.15) is 0 Å². The Hall–Kier alpha value is -1.94. The molecule has 0 rings (SSSR count). The highest BCUT2D eigenvalue weighted by Crippen LogP contribution is 1.78. The first-order valence-electron chi connectivity index (χ1n) is 3.68. The molecule has 0 heterocycles. The summed E-state index contributed by atoms with van der Waals surface area (Å²) in [5.41, 5.74) is 5.47. The molecule has 0 aromatic heterocycles. The summed E-state index contributed by atoms with van der Waals surface area (Å²) in [4.78, 5) is 39.2. The number of nitro groups is 1. The van der Waals surface area contributed by atoms with Crippen LogP contribution in [0.2, 0.25) is 0 Å². The normalized spacial score (nSPS) is 9.53. The van der Waals surface area contributed by atoms with Crippen molar-refractivity contribution in [1.82, 2.24) is 16.4 Å². The van der Waals surface area contributed by atoms with Gasteiger partial charge in [0.05, 0.1) is 0 Å². The van der Waals surface area contributed by atoms with Crippen molar-refractivity contribution in [3.8, 4) is 0 Å². The number of carbonyl (C=O) groups excluding carboxylic acids is 2. The number of nitrogens with one attached hydrogen (secondary N) is 3. The minimum Gasteiger partial charge on any atom is -0.367 e. The van der Waals surface area contributed by atoms with Gasteiger partial charge < -0.3 is 9.68 Å². The summed E-state index contributed by atoms with van der Waals surface area (Å²) < 4.78 is 0. The van der Waals surface area contributed by atoms with Crippen LogP contribution in [0.3, 0.4) is 0 Å². The molecular formula is C5H10N4O6. The molecule has 15 heavy (non-hydrogen) atoms. The van der Waals surface area contributed by atoms with Crippen LogP contribution in [0.25, 0.3) is 0 Å². The van der Waals surface area contributed by atoms with Crippen molar-refractivity contribution in [2.24, 2.45) is 0 Å². The first-order valence-corrected chi connectivity index (χ1v) is 3.68. The van der Waals surface area contributed by atoms with Gasteiger partial charge in [0, 0.05) is 13.8 Å². The highest BCUT2D eigenvalue weighted by atomic mass is 16.7. The zero-order valence-electron chi connectivity index (χ0n) is 7.97. The number of hydroxylamine groups is 2. The van der Waals surface area contributed by atoms with Gasteiger partial charge in [-0.05, 0) is 0 Å².